The molecule has 5 heteroatoms. The van der Waals surface area contributed by atoms with E-state index in [0.717, 1.165) is 29.1 Å². The summed E-state index contributed by atoms with van der Waals surface area (Å²) in [6.07, 6.45) is 4.07. The number of thiazole rings is 1. The molecule has 0 saturated heterocycles. The fourth-order valence-electron chi connectivity index (χ4n) is 1.80. The van der Waals surface area contributed by atoms with Crippen LogP contribution in [0.5, 0.6) is 0 Å². The van der Waals surface area contributed by atoms with Crippen LogP contribution in [0.4, 0.5) is 5.69 Å². The quantitative estimate of drug-likeness (QED) is 0.803. The third kappa shape index (κ3) is 4.35. The van der Waals surface area contributed by atoms with Gasteiger partial charge < -0.3 is 11.1 Å². The fourth-order valence-corrected chi connectivity index (χ4v) is 2.60. The summed E-state index contributed by atoms with van der Waals surface area (Å²) in [6, 6.07) is 7.62. The molecule has 0 atom stereocenters. The van der Waals surface area contributed by atoms with Crippen molar-refractivity contribution in [2.24, 2.45) is 0 Å². The maximum Gasteiger partial charge on any atom is 0.220 e. The van der Waals surface area contributed by atoms with Gasteiger partial charge in [0.1, 0.15) is 5.01 Å². The summed E-state index contributed by atoms with van der Waals surface area (Å²) in [4.78, 5) is 17.3. The van der Waals surface area contributed by atoms with E-state index in [4.69, 9.17) is 5.73 Å². The minimum atomic E-state index is 0.0510. The Balaban J connectivity index is 1.74. The molecule has 20 heavy (non-hydrogen) atoms. The van der Waals surface area contributed by atoms with Crippen LogP contribution in [-0.2, 0) is 24.2 Å². The SMILES string of the molecule is CCc1cnc(CNC(=O)CCc2ccc(N)cc2)s1. The topological polar surface area (TPSA) is 68.0 Å². The highest BCUT2D eigenvalue weighted by Gasteiger charge is 2.05. The maximum absolute atomic E-state index is 11.8. The van der Waals surface area contributed by atoms with Crippen LogP contribution in [0.3, 0.4) is 0 Å². The Morgan fingerprint density at radius 1 is 1.35 bits per heavy atom. The molecule has 0 aliphatic carbocycles. The number of benzene rings is 1. The molecule has 2 rings (SSSR count). The predicted molar refractivity (Wildman–Crippen MR) is 82.5 cm³/mol. The Kier molecular flexibility index (Phi) is 5.12. The summed E-state index contributed by atoms with van der Waals surface area (Å²) in [5.41, 5.74) is 7.49. The second-order valence-corrected chi connectivity index (χ2v) is 5.79. The summed E-state index contributed by atoms with van der Waals surface area (Å²) in [6.45, 7) is 2.62. The van der Waals surface area contributed by atoms with Gasteiger partial charge in [-0.1, -0.05) is 19.1 Å². The molecule has 0 spiro atoms. The standard InChI is InChI=1S/C15H19N3OS/c1-2-13-9-18-15(20-13)10-17-14(19)8-5-11-3-6-12(16)7-4-11/h3-4,6-7,9H,2,5,8,10,16H2,1H3,(H,17,19). The molecule has 2 aromatic rings. The smallest absolute Gasteiger partial charge is 0.220 e. The van der Waals surface area contributed by atoms with Gasteiger partial charge in [0.2, 0.25) is 5.91 Å². The van der Waals surface area contributed by atoms with Crippen molar-refractivity contribution in [1.29, 1.82) is 0 Å². The van der Waals surface area contributed by atoms with Gasteiger partial charge >= 0.3 is 0 Å². The first-order valence-corrected chi connectivity index (χ1v) is 7.53. The Morgan fingerprint density at radius 3 is 2.75 bits per heavy atom. The van der Waals surface area contributed by atoms with Crippen LogP contribution in [0, 0.1) is 0 Å². The average Bonchev–Trinajstić information content (AvgIpc) is 2.92. The van der Waals surface area contributed by atoms with Crippen molar-refractivity contribution >= 4 is 22.9 Å². The third-order valence-corrected chi connectivity index (χ3v) is 4.15. The van der Waals surface area contributed by atoms with Crippen molar-refractivity contribution in [2.75, 3.05) is 5.73 Å². The number of aryl methyl sites for hydroxylation is 2. The van der Waals surface area contributed by atoms with Gasteiger partial charge in [0, 0.05) is 23.2 Å². The number of rotatable bonds is 6. The summed E-state index contributed by atoms with van der Waals surface area (Å²) in [5, 5.41) is 3.86. The number of carbonyl (C=O) groups excluding carboxylic acids is 1. The lowest BCUT2D eigenvalue weighted by molar-refractivity contribution is -0.121. The van der Waals surface area contributed by atoms with Gasteiger partial charge in [0.25, 0.3) is 0 Å². The maximum atomic E-state index is 11.8. The van der Waals surface area contributed by atoms with Gasteiger partial charge in [-0.05, 0) is 30.5 Å². The highest BCUT2D eigenvalue weighted by atomic mass is 32.1. The van der Waals surface area contributed by atoms with Gasteiger partial charge in [-0.3, -0.25) is 4.79 Å². The molecule has 0 aliphatic rings. The largest absolute Gasteiger partial charge is 0.399 e. The molecular weight excluding hydrogens is 270 g/mol. The second-order valence-electron chi connectivity index (χ2n) is 4.59. The molecule has 1 aromatic carbocycles. The number of amides is 1. The molecule has 4 nitrogen and oxygen atoms in total. The van der Waals surface area contributed by atoms with E-state index in [1.807, 2.05) is 30.5 Å². The molecule has 0 unspecified atom stereocenters. The van der Waals surface area contributed by atoms with Crippen molar-refractivity contribution in [1.82, 2.24) is 10.3 Å². The van der Waals surface area contributed by atoms with Crippen molar-refractivity contribution in [3.8, 4) is 0 Å². The van der Waals surface area contributed by atoms with Gasteiger partial charge in [-0.2, -0.15) is 0 Å². The summed E-state index contributed by atoms with van der Waals surface area (Å²) < 4.78 is 0. The zero-order valence-corrected chi connectivity index (χ0v) is 12.4. The number of carbonyl (C=O) groups is 1. The molecule has 0 saturated carbocycles. The molecule has 1 amide bonds. The number of nitrogens with two attached hydrogens (primary N) is 1. The van der Waals surface area contributed by atoms with Gasteiger partial charge in [-0.15, -0.1) is 11.3 Å². The first-order valence-electron chi connectivity index (χ1n) is 6.72. The van der Waals surface area contributed by atoms with E-state index in [-0.39, 0.29) is 5.91 Å². The van der Waals surface area contributed by atoms with Gasteiger partial charge in [0.05, 0.1) is 6.54 Å². The first kappa shape index (κ1) is 14.5. The summed E-state index contributed by atoms with van der Waals surface area (Å²) >= 11 is 1.65. The van der Waals surface area contributed by atoms with E-state index in [1.54, 1.807) is 11.3 Å². The lowest BCUT2D eigenvalue weighted by Gasteiger charge is -2.04. The second kappa shape index (κ2) is 7.05. The molecule has 1 heterocycles. The van der Waals surface area contributed by atoms with Crippen LogP contribution in [0.2, 0.25) is 0 Å². The van der Waals surface area contributed by atoms with Crippen LogP contribution in [-0.4, -0.2) is 10.9 Å². The van der Waals surface area contributed by atoms with E-state index in [2.05, 4.69) is 17.2 Å². The normalized spacial score (nSPS) is 10.4. The highest BCUT2D eigenvalue weighted by Crippen LogP contribution is 2.13. The predicted octanol–water partition coefficient (Wildman–Crippen LogP) is 2.54. The zero-order chi connectivity index (χ0) is 14.4. The van der Waals surface area contributed by atoms with Crippen LogP contribution in [0.15, 0.2) is 30.5 Å². The number of anilines is 1. The Hall–Kier alpha value is -1.88. The Morgan fingerprint density at radius 2 is 2.10 bits per heavy atom. The molecular formula is C15H19N3OS. The average molecular weight is 289 g/mol. The van der Waals surface area contributed by atoms with Gasteiger partial charge in [-0.25, -0.2) is 4.98 Å². The number of hydrogen-bond donors (Lipinski definition) is 2. The molecule has 1 aromatic heterocycles. The van der Waals surface area contributed by atoms with Crippen LogP contribution in [0.25, 0.3) is 0 Å². The van der Waals surface area contributed by atoms with Crippen molar-refractivity contribution < 1.29 is 4.79 Å². The molecule has 0 bridgehead atoms. The van der Waals surface area contributed by atoms with E-state index >= 15 is 0 Å². The minimum absolute atomic E-state index is 0.0510. The number of aromatic nitrogens is 1. The van der Waals surface area contributed by atoms with Crippen molar-refractivity contribution in [3.63, 3.8) is 0 Å². The van der Waals surface area contributed by atoms with E-state index < -0.39 is 0 Å². The van der Waals surface area contributed by atoms with Crippen LogP contribution < -0.4 is 11.1 Å². The lowest BCUT2D eigenvalue weighted by Crippen LogP contribution is -2.22. The number of nitrogens with zero attached hydrogens (tertiary/aromatic N) is 1. The first-order chi connectivity index (χ1) is 9.67. The molecule has 0 aliphatic heterocycles. The number of hydrogen-bond acceptors (Lipinski definition) is 4. The fraction of sp³-hybridized carbons (Fsp3) is 0.333. The van der Waals surface area contributed by atoms with Crippen LogP contribution >= 0.6 is 11.3 Å². The molecule has 0 radical (unpaired) electrons. The van der Waals surface area contributed by atoms with E-state index in [0.29, 0.717) is 13.0 Å². The van der Waals surface area contributed by atoms with Gasteiger partial charge in [0.15, 0.2) is 0 Å². The van der Waals surface area contributed by atoms with E-state index in [1.165, 1.54) is 4.88 Å². The monoisotopic (exact) mass is 289 g/mol. The Labute approximate surface area is 123 Å². The number of nitrogens with one attached hydrogen (secondary N) is 1. The summed E-state index contributed by atoms with van der Waals surface area (Å²) in [5.74, 6) is 0.0510. The van der Waals surface area contributed by atoms with E-state index in [9.17, 15) is 4.79 Å². The summed E-state index contributed by atoms with van der Waals surface area (Å²) in [7, 11) is 0. The zero-order valence-electron chi connectivity index (χ0n) is 11.6. The highest BCUT2D eigenvalue weighted by molar-refractivity contribution is 7.11. The number of nitrogen functional groups attached to an aromatic ring is 1. The molecule has 3 N–H and O–H groups in total. The lowest BCUT2D eigenvalue weighted by atomic mass is 10.1. The van der Waals surface area contributed by atoms with Crippen LogP contribution in [0.1, 0.15) is 28.8 Å². The van der Waals surface area contributed by atoms with Crippen molar-refractivity contribution in [2.45, 2.75) is 32.7 Å². The third-order valence-electron chi connectivity index (χ3n) is 3.01. The molecule has 106 valence electrons. The Bertz CT molecular complexity index is 563. The van der Waals surface area contributed by atoms with Crippen molar-refractivity contribution in [3.05, 3.63) is 45.9 Å². The minimum Gasteiger partial charge on any atom is -0.399 e. The molecule has 0 fully saturated rings.